The van der Waals surface area contributed by atoms with Crippen LogP contribution in [0.3, 0.4) is 0 Å². The number of anilines is 1. The Morgan fingerprint density at radius 1 is 0.967 bits per heavy atom. The Bertz CT molecular complexity index is 1360. The topological polar surface area (TPSA) is 57.2 Å². The van der Waals surface area contributed by atoms with Crippen LogP contribution in [0, 0.1) is 17.2 Å². The Morgan fingerprint density at radius 2 is 1.70 bits per heavy atom. The van der Waals surface area contributed by atoms with E-state index in [1.165, 1.54) is 10.8 Å². The Hall–Kier alpha value is -3.58. The zero-order valence-corrected chi connectivity index (χ0v) is 16.9. The molecule has 0 unspecified atom stereocenters. The maximum Gasteiger partial charge on any atom is 0.356 e. The van der Waals surface area contributed by atoms with Crippen LogP contribution in [0.4, 0.5) is 5.69 Å². The van der Waals surface area contributed by atoms with Gasteiger partial charge in [0.1, 0.15) is 11.8 Å². The number of benzene rings is 3. The fourth-order valence-electron chi connectivity index (χ4n) is 4.39. The van der Waals surface area contributed by atoms with Crippen LogP contribution in [0.15, 0.2) is 69.9 Å². The molecular formula is C26H22N2O2. The van der Waals surface area contributed by atoms with Crippen LogP contribution in [0.1, 0.15) is 25.3 Å². The summed E-state index contributed by atoms with van der Waals surface area (Å²) in [5.41, 5.74) is 1.06. The molecule has 0 aliphatic carbocycles. The summed E-state index contributed by atoms with van der Waals surface area (Å²) >= 11 is 0. The molecule has 1 fully saturated rings. The van der Waals surface area contributed by atoms with Gasteiger partial charge in [0, 0.05) is 24.7 Å². The largest absolute Gasteiger partial charge is 0.422 e. The lowest BCUT2D eigenvalue weighted by Crippen LogP contribution is -2.34. The van der Waals surface area contributed by atoms with Crippen molar-refractivity contribution in [2.24, 2.45) is 5.92 Å². The molecule has 4 aromatic rings. The first kappa shape index (κ1) is 18.4. The Balaban J connectivity index is 1.63. The Morgan fingerprint density at radius 3 is 2.50 bits per heavy atom. The van der Waals surface area contributed by atoms with Crippen LogP contribution in [0.2, 0.25) is 0 Å². The van der Waals surface area contributed by atoms with E-state index in [0.717, 1.165) is 42.3 Å². The molecule has 0 amide bonds. The molecule has 1 aromatic heterocycles. The molecular weight excluding hydrogens is 372 g/mol. The maximum absolute atomic E-state index is 12.6. The monoisotopic (exact) mass is 394 g/mol. The quantitative estimate of drug-likeness (QED) is 0.408. The molecule has 0 radical (unpaired) electrons. The average molecular weight is 394 g/mol. The summed E-state index contributed by atoms with van der Waals surface area (Å²) < 4.78 is 5.57. The van der Waals surface area contributed by atoms with Gasteiger partial charge in [0.15, 0.2) is 5.56 Å². The van der Waals surface area contributed by atoms with Crippen molar-refractivity contribution in [3.8, 4) is 17.4 Å². The molecule has 1 aliphatic rings. The predicted octanol–water partition coefficient (Wildman–Crippen LogP) is 5.72. The summed E-state index contributed by atoms with van der Waals surface area (Å²) in [6.45, 7) is 3.94. The van der Waals surface area contributed by atoms with Gasteiger partial charge in [-0.25, -0.2) is 4.79 Å². The van der Waals surface area contributed by atoms with Crippen molar-refractivity contribution >= 4 is 27.2 Å². The molecule has 148 valence electrons. The number of rotatable bonds is 2. The summed E-state index contributed by atoms with van der Waals surface area (Å²) in [5, 5.41) is 14.2. The molecule has 5 rings (SSSR count). The zero-order chi connectivity index (χ0) is 20.7. The predicted molar refractivity (Wildman–Crippen MR) is 121 cm³/mol. The van der Waals surface area contributed by atoms with Crippen molar-refractivity contribution in [1.29, 1.82) is 5.26 Å². The number of piperidine rings is 1. The maximum atomic E-state index is 12.6. The summed E-state index contributed by atoms with van der Waals surface area (Å²) in [4.78, 5) is 14.7. The summed E-state index contributed by atoms with van der Waals surface area (Å²) in [5.74, 6) is 1.17. The minimum Gasteiger partial charge on any atom is -0.422 e. The van der Waals surface area contributed by atoms with Crippen molar-refractivity contribution in [2.45, 2.75) is 19.8 Å². The molecule has 3 aromatic carbocycles. The number of hydrogen-bond donors (Lipinski definition) is 0. The first-order valence-electron chi connectivity index (χ1n) is 10.4. The van der Waals surface area contributed by atoms with Gasteiger partial charge in [-0.15, -0.1) is 0 Å². The Kier molecular flexibility index (Phi) is 4.52. The van der Waals surface area contributed by atoms with E-state index < -0.39 is 5.63 Å². The van der Waals surface area contributed by atoms with Gasteiger partial charge in [-0.3, -0.25) is 0 Å². The lowest BCUT2D eigenvalue weighted by molar-refractivity contribution is 0.436. The molecule has 30 heavy (non-hydrogen) atoms. The second kappa shape index (κ2) is 7.35. The molecule has 1 aliphatic heterocycles. The number of fused-ring (bicyclic) bond motifs is 3. The van der Waals surface area contributed by atoms with Crippen LogP contribution in [0.25, 0.3) is 32.9 Å². The average Bonchev–Trinajstić information content (AvgIpc) is 2.78. The van der Waals surface area contributed by atoms with Gasteiger partial charge < -0.3 is 9.32 Å². The SMILES string of the molecule is CC1CCN(c2cc(-c3ccc4c(ccc5ccccc54)c3)oc(=O)c2C#N)CC1. The molecule has 0 atom stereocenters. The van der Waals surface area contributed by atoms with Crippen molar-refractivity contribution in [1.82, 2.24) is 0 Å². The number of nitrogens with zero attached hydrogens (tertiary/aromatic N) is 2. The van der Waals surface area contributed by atoms with Crippen LogP contribution in [-0.4, -0.2) is 13.1 Å². The van der Waals surface area contributed by atoms with Crippen molar-refractivity contribution in [2.75, 3.05) is 18.0 Å². The van der Waals surface area contributed by atoms with Crippen LogP contribution >= 0.6 is 0 Å². The normalized spacial score (nSPS) is 14.9. The highest BCUT2D eigenvalue weighted by atomic mass is 16.4. The van der Waals surface area contributed by atoms with E-state index in [0.29, 0.717) is 17.4 Å². The van der Waals surface area contributed by atoms with Gasteiger partial charge in [0.05, 0.1) is 5.69 Å². The highest BCUT2D eigenvalue weighted by molar-refractivity contribution is 6.08. The summed E-state index contributed by atoms with van der Waals surface area (Å²) in [7, 11) is 0. The molecule has 2 heterocycles. The fourth-order valence-corrected chi connectivity index (χ4v) is 4.39. The molecule has 4 nitrogen and oxygen atoms in total. The zero-order valence-electron chi connectivity index (χ0n) is 16.9. The Labute approximate surface area is 175 Å². The third kappa shape index (κ3) is 3.13. The molecule has 0 N–H and O–H groups in total. The van der Waals surface area contributed by atoms with Crippen LogP contribution in [-0.2, 0) is 0 Å². The van der Waals surface area contributed by atoms with Crippen molar-refractivity contribution < 1.29 is 4.42 Å². The highest BCUT2D eigenvalue weighted by Crippen LogP contribution is 2.32. The van der Waals surface area contributed by atoms with Gasteiger partial charge in [-0.2, -0.15) is 5.26 Å². The van der Waals surface area contributed by atoms with Gasteiger partial charge in [0.2, 0.25) is 0 Å². The third-order valence-corrected chi connectivity index (χ3v) is 6.20. The van der Waals surface area contributed by atoms with Crippen LogP contribution in [0.5, 0.6) is 0 Å². The summed E-state index contributed by atoms with van der Waals surface area (Å²) in [6, 6.07) is 22.5. The van der Waals surface area contributed by atoms with Crippen molar-refractivity contribution in [3.63, 3.8) is 0 Å². The second-order valence-electron chi connectivity index (χ2n) is 8.16. The second-order valence-corrected chi connectivity index (χ2v) is 8.16. The third-order valence-electron chi connectivity index (χ3n) is 6.20. The molecule has 0 spiro atoms. The molecule has 0 bridgehead atoms. The highest BCUT2D eigenvalue weighted by Gasteiger charge is 2.22. The van der Waals surface area contributed by atoms with E-state index >= 15 is 0 Å². The van der Waals surface area contributed by atoms with Crippen LogP contribution < -0.4 is 10.5 Å². The van der Waals surface area contributed by atoms with E-state index in [4.69, 9.17) is 4.42 Å². The lowest BCUT2D eigenvalue weighted by atomic mass is 9.97. The minimum atomic E-state index is -0.567. The number of hydrogen-bond acceptors (Lipinski definition) is 4. The smallest absolute Gasteiger partial charge is 0.356 e. The van der Waals surface area contributed by atoms with Gasteiger partial charge in [-0.1, -0.05) is 55.5 Å². The van der Waals surface area contributed by atoms with Gasteiger partial charge >= 0.3 is 5.63 Å². The molecule has 4 heteroatoms. The van der Waals surface area contributed by atoms with E-state index in [9.17, 15) is 10.1 Å². The minimum absolute atomic E-state index is 0.0973. The van der Waals surface area contributed by atoms with Gasteiger partial charge in [-0.05, 0) is 46.4 Å². The van der Waals surface area contributed by atoms with E-state index in [-0.39, 0.29) is 5.56 Å². The molecule has 1 saturated heterocycles. The van der Waals surface area contributed by atoms with E-state index in [1.807, 2.05) is 30.3 Å². The first-order valence-corrected chi connectivity index (χ1v) is 10.4. The van der Waals surface area contributed by atoms with Crippen molar-refractivity contribution in [3.05, 3.63) is 76.6 Å². The number of nitriles is 1. The van der Waals surface area contributed by atoms with Gasteiger partial charge in [0.25, 0.3) is 0 Å². The summed E-state index contributed by atoms with van der Waals surface area (Å²) in [6.07, 6.45) is 2.12. The first-order chi connectivity index (χ1) is 14.6. The molecule has 0 saturated carbocycles. The lowest BCUT2D eigenvalue weighted by Gasteiger charge is -2.32. The van der Waals surface area contributed by atoms with E-state index in [2.05, 4.69) is 48.2 Å². The standard InChI is InChI=1S/C26H22N2O2/c1-17-10-12-28(13-11-17)24-15-25(30-26(29)23(24)16-27)20-8-9-22-19(14-20)7-6-18-4-2-3-5-21(18)22/h2-9,14-15,17H,10-13H2,1H3. The van der Waals surface area contributed by atoms with E-state index in [1.54, 1.807) is 0 Å². The fraction of sp³-hybridized carbons (Fsp3) is 0.231.